The predicted octanol–water partition coefficient (Wildman–Crippen LogP) is 0.388. The van der Waals surface area contributed by atoms with Crippen LogP contribution in [0.25, 0.3) is 0 Å². The number of halogens is 1. The van der Waals surface area contributed by atoms with Crippen molar-refractivity contribution in [3.05, 3.63) is 22.7 Å². The Morgan fingerprint density at radius 2 is 1.95 bits per heavy atom. The van der Waals surface area contributed by atoms with E-state index in [1.807, 2.05) is 0 Å². The number of amides is 3. The Morgan fingerprint density at radius 3 is 2.47 bits per heavy atom. The topological polar surface area (TPSA) is 132 Å². The van der Waals surface area contributed by atoms with Crippen molar-refractivity contribution in [1.29, 1.82) is 0 Å². The molecule has 104 valence electrons. The van der Waals surface area contributed by atoms with Crippen molar-refractivity contribution in [3.63, 3.8) is 0 Å². The molecule has 0 heterocycles. The molecule has 0 aliphatic rings. The van der Waals surface area contributed by atoms with Crippen molar-refractivity contribution < 1.29 is 18.0 Å². The molecular formula is C10H12BrN3O4S. The molecular weight excluding hydrogens is 338 g/mol. The van der Waals surface area contributed by atoms with E-state index in [0.717, 1.165) is 6.92 Å². The van der Waals surface area contributed by atoms with Gasteiger partial charge in [-0.1, -0.05) is 15.9 Å². The van der Waals surface area contributed by atoms with Crippen LogP contribution in [0, 0.1) is 0 Å². The Morgan fingerprint density at radius 1 is 1.37 bits per heavy atom. The first-order valence-corrected chi connectivity index (χ1v) is 7.39. The Kier molecular flexibility index (Phi) is 4.53. The van der Waals surface area contributed by atoms with Crippen LogP contribution in [0.15, 0.2) is 27.6 Å². The highest BCUT2D eigenvalue weighted by Crippen LogP contribution is 2.26. The van der Waals surface area contributed by atoms with Crippen molar-refractivity contribution in [2.24, 2.45) is 5.73 Å². The van der Waals surface area contributed by atoms with E-state index in [9.17, 15) is 18.0 Å². The normalized spacial score (nSPS) is 12.7. The predicted molar refractivity (Wildman–Crippen MR) is 72.9 cm³/mol. The number of nitrogens with one attached hydrogen (secondary N) is 1. The van der Waals surface area contributed by atoms with E-state index in [4.69, 9.17) is 11.5 Å². The van der Waals surface area contributed by atoms with E-state index in [1.165, 1.54) is 12.1 Å². The largest absolute Gasteiger partial charge is 0.398 e. The lowest BCUT2D eigenvalue weighted by Gasteiger charge is -2.13. The molecule has 0 bridgehead atoms. The maximum atomic E-state index is 12.2. The molecule has 1 aromatic carbocycles. The number of urea groups is 1. The van der Waals surface area contributed by atoms with Gasteiger partial charge in [-0.05, 0) is 25.1 Å². The number of benzene rings is 1. The standard InChI is InChI=1S/C10H12BrN3O4S/c1-5(9(15)14-10(13)16)19(17,18)8-4-6(11)2-3-7(8)12/h2-5H,12H2,1H3,(H3,13,14,15,16). The Labute approximate surface area is 118 Å². The Bertz CT molecular complexity index is 630. The molecule has 5 N–H and O–H groups in total. The van der Waals surface area contributed by atoms with Crippen molar-refractivity contribution in [2.45, 2.75) is 17.1 Å². The van der Waals surface area contributed by atoms with Crippen molar-refractivity contribution in [2.75, 3.05) is 5.73 Å². The van der Waals surface area contributed by atoms with Gasteiger partial charge in [-0.15, -0.1) is 0 Å². The number of anilines is 1. The van der Waals surface area contributed by atoms with Gasteiger partial charge < -0.3 is 11.5 Å². The maximum Gasteiger partial charge on any atom is 0.318 e. The minimum atomic E-state index is -4.01. The van der Waals surface area contributed by atoms with Gasteiger partial charge in [-0.25, -0.2) is 13.2 Å². The first kappa shape index (κ1) is 15.4. The van der Waals surface area contributed by atoms with Gasteiger partial charge in [0.05, 0.1) is 10.6 Å². The van der Waals surface area contributed by atoms with Crippen LogP contribution < -0.4 is 16.8 Å². The van der Waals surface area contributed by atoms with Gasteiger partial charge in [0.1, 0.15) is 5.25 Å². The van der Waals surface area contributed by atoms with Crippen LogP contribution in [0.5, 0.6) is 0 Å². The molecule has 1 rings (SSSR count). The van der Waals surface area contributed by atoms with Gasteiger partial charge in [-0.3, -0.25) is 10.1 Å². The second kappa shape index (κ2) is 5.57. The van der Waals surface area contributed by atoms with Gasteiger partial charge in [0, 0.05) is 4.47 Å². The average molecular weight is 350 g/mol. The molecule has 19 heavy (non-hydrogen) atoms. The number of rotatable bonds is 3. The van der Waals surface area contributed by atoms with E-state index in [1.54, 1.807) is 11.4 Å². The van der Waals surface area contributed by atoms with Crippen LogP contribution in [0.4, 0.5) is 10.5 Å². The van der Waals surface area contributed by atoms with E-state index in [2.05, 4.69) is 15.9 Å². The van der Waals surface area contributed by atoms with Crippen molar-refractivity contribution in [3.8, 4) is 0 Å². The van der Waals surface area contributed by atoms with Crippen molar-refractivity contribution >= 4 is 43.4 Å². The fourth-order valence-electron chi connectivity index (χ4n) is 1.31. The van der Waals surface area contributed by atoms with Crippen molar-refractivity contribution in [1.82, 2.24) is 5.32 Å². The zero-order chi connectivity index (χ0) is 14.8. The summed E-state index contributed by atoms with van der Waals surface area (Å²) in [4.78, 5) is 21.9. The summed E-state index contributed by atoms with van der Waals surface area (Å²) in [6.45, 7) is 1.15. The third-order valence-corrected chi connectivity index (χ3v) is 4.97. The number of primary amides is 1. The summed E-state index contributed by atoms with van der Waals surface area (Å²) in [7, 11) is -4.01. The lowest BCUT2D eigenvalue weighted by atomic mass is 10.3. The third-order valence-electron chi connectivity index (χ3n) is 2.36. The van der Waals surface area contributed by atoms with E-state index in [-0.39, 0.29) is 10.6 Å². The summed E-state index contributed by atoms with van der Waals surface area (Å²) in [6.07, 6.45) is 0. The summed E-state index contributed by atoms with van der Waals surface area (Å²) >= 11 is 3.12. The summed E-state index contributed by atoms with van der Waals surface area (Å²) in [6, 6.07) is 3.14. The molecule has 7 nitrogen and oxygen atoms in total. The van der Waals surface area contributed by atoms with Crippen LogP contribution in [0.2, 0.25) is 0 Å². The van der Waals surface area contributed by atoms with E-state index >= 15 is 0 Å². The van der Waals surface area contributed by atoms with Gasteiger partial charge in [0.2, 0.25) is 5.91 Å². The number of imide groups is 1. The summed E-state index contributed by atoms with van der Waals surface area (Å²) in [5.41, 5.74) is 10.4. The minimum Gasteiger partial charge on any atom is -0.398 e. The molecule has 0 saturated heterocycles. The number of carbonyl (C=O) groups is 2. The van der Waals surface area contributed by atoms with E-state index in [0.29, 0.717) is 4.47 Å². The molecule has 1 atom stereocenters. The highest BCUT2D eigenvalue weighted by molar-refractivity contribution is 9.10. The highest BCUT2D eigenvalue weighted by Gasteiger charge is 2.32. The molecule has 0 aliphatic carbocycles. The number of carbonyl (C=O) groups excluding carboxylic acids is 2. The molecule has 0 aromatic heterocycles. The number of hydrogen-bond donors (Lipinski definition) is 3. The lowest BCUT2D eigenvalue weighted by molar-refractivity contribution is -0.119. The summed E-state index contributed by atoms with van der Waals surface area (Å²) < 4.78 is 24.9. The van der Waals surface area contributed by atoms with Crippen LogP contribution in [-0.4, -0.2) is 25.6 Å². The van der Waals surface area contributed by atoms with Gasteiger partial charge in [0.15, 0.2) is 9.84 Å². The molecule has 1 aromatic rings. The smallest absolute Gasteiger partial charge is 0.318 e. The highest BCUT2D eigenvalue weighted by atomic mass is 79.9. The monoisotopic (exact) mass is 349 g/mol. The number of hydrogen-bond acceptors (Lipinski definition) is 5. The maximum absolute atomic E-state index is 12.2. The fourth-order valence-corrected chi connectivity index (χ4v) is 3.23. The van der Waals surface area contributed by atoms with Gasteiger partial charge in [0.25, 0.3) is 0 Å². The number of sulfone groups is 1. The first-order chi connectivity index (χ1) is 8.66. The second-order valence-corrected chi connectivity index (χ2v) is 6.88. The Balaban J connectivity index is 3.20. The van der Waals surface area contributed by atoms with Gasteiger partial charge >= 0.3 is 6.03 Å². The molecule has 0 fully saturated rings. The van der Waals surface area contributed by atoms with Crippen LogP contribution >= 0.6 is 15.9 Å². The quantitative estimate of drug-likeness (QED) is 0.678. The molecule has 0 radical (unpaired) electrons. The minimum absolute atomic E-state index is 0.0157. The van der Waals surface area contributed by atoms with Gasteiger partial charge in [-0.2, -0.15) is 0 Å². The second-order valence-electron chi connectivity index (χ2n) is 3.72. The van der Waals surface area contributed by atoms with Crippen LogP contribution in [-0.2, 0) is 14.6 Å². The zero-order valence-corrected chi connectivity index (χ0v) is 12.3. The summed E-state index contributed by atoms with van der Waals surface area (Å²) in [5, 5.41) is 0.231. The SMILES string of the molecule is CC(C(=O)NC(N)=O)S(=O)(=O)c1cc(Br)ccc1N. The molecule has 9 heteroatoms. The van der Waals surface area contributed by atoms with Crippen LogP contribution in [0.3, 0.4) is 0 Å². The Hall–Kier alpha value is -1.61. The average Bonchev–Trinajstić information content (AvgIpc) is 2.30. The number of nitrogen functional groups attached to an aromatic ring is 1. The number of nitrogens with two attached hydrogens (primary N) is 2. The van der Waals surface area contributed by atoms with E-state index < -0.39 is 27.0 Å². The molecule has 0 spiro atoms. The summed E-state index contributed by atoms with van der Waals surface area (Å²) in [5.74, 6) is -1.01. The third kappa shape index (κ3) is 3.44. The lowest BCUT2D eigenvalue weighted by Crippen LogP contribution is -2.43. The van der Waals surface area contributed by atoms with Crippen LogP contribution in [0.1, 0.15) is 6.92 Å². The molecule has 0 saturated carbocycles. The fraction of sp³-hybridized carbons (Fsp3) is 0.200. The zero-order valence-electron chi connectivity index (χ0n) is 9.88. The molecule has 0 aliphatic heterocycles. The molecule has 1 unspecified atom stereocenters. The molecule has 3 amide bonds. The first-order valence-electron chi connectivity index (χ1n) is 5.05.